The van der Waals surface area contributed by atoms with Crippen LogP contribution in [0.3, 0.4) is 0 Å². The lowest BCUT2D eigenvalue weighted by Crippen LogP contribution is -2.48. The van der Waals surface area contributed by atoms with E-state index >= 15 is 0 Å². The average Bonchev–Trinajstić information content (AvgIpc) is 2.43. The third-order valence-corrected chi connectivity index (χ3v) is 3.97. The van der Waals surface area contributed by atoms with Gasteiger partial charge in [0.25, 0.3) is 11.5 Å². The van der Waals surface area contributed by atoms with Crippen molar-refractivity contribution >= 4 is 11.6 Å². The highest BCUT2D eigenvalue weighted by Crippen LogP contribution is 2.30. The predicted octanol–water partition coefficient (Wildman–Crippen LogP) is 0.648. The molecule has 0 spiro atoms. The monoisotopic (exact) mass is 287 g/mol. The first-order valence-electron chi connectivity index (χ1n) is 6.97. The van der Waals surface area contributed by atoms with Crippen molar-refractivity contribution in [2.45, 2.75) is 31.8 Å². The molecule has 0 saturated heterocycles. The molecule has 1 fully saturated rings. The molecule has 0 atom stereocenters. The van der Waals surface area contributed by atoms with E-state index in [1.165, 1.54) is 10.6 Å². The van der Waals surface area contributed by atoms with Crippen molar-refractivity contribution in [1.29, 1.82) is 0 Å². The number of carbonyl (C=O) groups excluding carboxylic acids is 1. The Labute approximate surface area is 121 Å². The van der Waals surface area contributed by atoms with Gasteiger partial charge in [-0.1, -0.05) is 0 Å². The van der Waals surface area contributed by atoms with Gasteiger partial charge in [-0.15, -0.1) is 0 Å². The molecule has 0 radical (unpaired) electrons. The number of aromatic nitrogens is 2. The first-order valence-corrected chi connectivity index (χ1v) is 6.97. The molecule has 21 heavy (non-hydrogen) atoms. The van der Waals surface area contributed by atoms with Crippen LogP contribution in [0.1, 0.15) is 35.2 Å². The molecule has 0 aromatic carbocycles. The fourth-order valence-electron chi connectivity index (χ4n) is 2.43. The highest BCUT2D eigenvalue weighted by atomic mass is 16.3. The zero-order valence-corrected chi connectivity index (χ0v) is 11.8. The van der Waals surface area contributed by atoms with Crippen molar-refractivity contribution < 1.29 is 9.90 Å². The molecule has 0 unspecified atom stereocenters. The Kier molecular flexibility index (Phi) is 3.25. The van der Waals surface area contributed by atoms with Crippen molar-refractivity contribution in [3.05, 3.63) is 46.0 Å². The summed E-state index contributed by atoms with van der Waals surface area (Å²) in [4.78, 5) is 28.5. The van der Waals surface area contributed by atoms with Crippen LogP contribution in [-0.2, 0) is 0 Å². The predicted molar refractivity (Wildman–Crippen MR) is 77.3 cm³/mol. The fourth-order valence-corrected chi connectivity index (χ4v) is 2.43. The summed E-state index contributed by atoms with van der Waals surface area (Å²) < 4.78 is 1.35. The van der Waals surface area contributed by atoms with Crippen molar-refractivity contribution in [3.63, 3.8) is 0 Å². The second-order valence-electron chi connectivity index (χ2n) is 5.67. The number of rotatable bonds is 3. The van der Waals surface area contributed by atoms with E-state index in [-0.39, 0.29) is 12.1 Å². The summed E-state index contributed by atoms with van der Waals surface area (Å²) in [5.74, 6) is -0.497. The van der Waals surface area contributed by atoms with Crippen LogP contribution in [0.5, 0.6) is 0 Å². The number of aliphatic hydroxyl groups is 1. The largest absolute Gasteiger partial charge is 0.388 e. The van der Waals surface area contributed by atoms with Gasteiger partial charge in [-0.25, -0.2) is 4.98 Å². The summed E-state index contributed by atoms with van der Waals surface area (Å²) in [7, 11) is 0. The zero-order valence-electron chi connectivity index (χ0n) is 11.8. The minimum atomic E-state index is -0.812. The molecule has 1 amide bonds. The maximum Gasteiger partial charge on any atom is 0.270 e. The number of nitrogens with one attached hydrogen (secondary N) is 1. The molecule has 1 aliphatic carbocycles. The van der Waals surface area contributed by atoms with Crippen LogP contribution in [0.15, 0.2) is 29.3 Å². The summed E-state index contributed by atoms with van der Waals surface area (Å²) in [5.41, 5.74) is 0.269. The van der Waals surface area contributed by atoms with Crippen LogP contribution >= 0.6 is 0 Å². The number of hydrogen-bond donors (Lipinski definition) is 2. The van der Waals surface area contributed by atoms with Gasteiger partial charge in [0.1, 0.15) is 11.2 Å². The van der Waals surface area contributed by atoms with Gasteiger partial charge in [-0.05, 0) is 43.9 Å². The number of carbonyl (C=O) groups is 1. The van der Waals surface area contributed by atoms with Gasteiger partial charge in [0.15, 0.2) is 0 Å². The highest BCUT2D eigenvalue weighted by Gasteiger charge is 2.34. The molecule has 0 aliphatic heterocycles. The summed E-state index contributed by atoms with van der Waals surface area (Å²) in [5, 5.41) is 12.6. The van der Waals surface area contributed by atoms with Crippen molar-refractivity contribution in [2.24, 2.45) is 0 Å². The van der Waals surface area contributed by atoms with Gasteiger partial charge in [0.2, 0.25) is 0 Å². The summed E-state index contributed by atoms with van der Waals surface area (Å²) in [6.07, 6.45) is 5.22. The van der Waals surface area contributed by atoms with Crippen LogP contribution < -0.4 is 10.9 Å². The van der Waals surface area contributed by atoms with E-state index in [9.17, 15) is 14.7 Å². The van der Waals surface area contributed by atoms with Gasteiger partial charge in [0, 0.05) is 18.9 Å². The van der Waals surface area contributed by atoms with Crippen LogP contribution in [0.2, 0.25) is 0 Å². The second kappa shape index (κ2) is 4.96. The standard InChI is InChI=1S/C15H17N3O3/c1-10-3-6-18-12(7-10)16-8-11(14(18)20)13(19)17-9-15(21)4-2-5-15/h3,6-8,21H,2,4-5,9H2,1H3,(H,17,19). The molecule has 3 rings (SSSR count). The number of aryl methyl sites for hydroxylation is 1. The molecule has 2 aromatic heterocycles. The maximum absolute atomic E-state index is 12.3. The molecule has 0 bridgehead atoms. The minimum Gasteiger partial charge on any atom is -0.388 e. The van der Waals surface area contributed by atoms with Crippen LogP contribution in [0.25, 0.3) is 5.65 Å². The molecule has 110 valence electrons. The number of amides is 1. The topological polar surface area (TPSA) is 83.7 Å². The van der Waals surface area contributed by atoms with Gasteiger partial charge in [0.05, 0.1) is 5.60 Å². The molecule has 2 aromatic rings. The van der Waals surface area contributed by atoms with E-state index in [4.69, 9.17) is 0 Å². The Morgan fingerprint density at radius 2 is 2.29 bits per heavy atom. The molecule has 1 aliphatic rings. The maximum atomic E-state index is 12.3. The van der Waals surface area contributed by atoms with Gasteiger partial charge < -0.3 is 10.4 Å². The second-order valence-corrected chi connectivity index (χ2v) is 5.67. The van der Waals surface area contributed by atoms with Crippen molar-refractivity contribution in [3.8, 4) is 0 Å². The normalized spacial score (nSPS) is 16.5. The van der Waals surface area contributed by atoms with E-state index in [2.05, 4.69) is 10.3 Å². The summed E-state index contributed by atoms with van der Waals surface area (Å²) in [6.45, 7) is 2.08. The Balaban J connectivity index is 1.86. The van der Waals surface area contributed by atoms with Crippen molar-refractivity contribution in [1.82, 2.24) is 14.7 Å². The molecular formula is C15H17N3O3. The minimum absolute atomic E-state index is 0.0146. The van der Waals surface area contributed by atoms with Gasteiger partial charge >= 0.3 is 0 Å². The van der Waals surface area contributed by atoms with Gasteiger partial charge in [-0.2, -0.15) is 0 Å². The molecule has 6 heteroatoms. The Morgan fingerprint density at radius 3 is 2.95 bits per heavy atom. The van der Waals surface area contributed by atoms with Gasteiger partial charge in [-0.3, -0.25) is 14.0 Å². The lowest BCUT2D eigenvalue weighted by molar-refractivity contribution is -0.0300. The Hall–Kier alpha value is -2.21. The lowest BCUT2D eigenvalue weighted by atomic mass is 9.80. The highest BCUT2D eigenvalue weighted by molar-refractivity contribution is 5.93. The summed E-state index contributed by atoms with van der Waals surface area (Å²) >= 11 is 0. The quantitative estimate of drug-likeness (QED) is 0.868. The van der Waals surface area contributed by atoms with E-state index in [0.717, 1.165) is 12.0 Å². The SMILES string of the molecule is Cc1ccn2c(=O)c(C(=O)NCC3(O)CCC3)cnc2c1. The smallest absolute Gasteiger partial charge is 0.270 e. The fraction of sp³-hybridized carbons (Fsp3) is 0.400. The Bertz CT molecular complexity index is 762. The molecule has 6 nitrogen and oxygen atoms in total. The number of nitrogens with zero attached hydrogens (tertiary/aromatic N) is 2. The van der Waals surface area contributed by atoms with Crippen molar-refractivity contribution in [2.75, 3.05) is 6.54 Å². The molecular weight excluding hydrogens is 270 g/mol. The summed E-state index contributed by atoms with van der Waals surface area (Å²) in [6, 6.07) is 3.56. The number of hydrogen-bond acceptors (Lipinski definition) is 4. The van der Waals surface area contributed by atoms with E-state index in [1.807, 2.05) is 6.92 Å². The number of pyridine rings is 1. The third-order valence-electron chi connectivity index (χ3n) is 3.97. The van der Waals surface area contributed by atoms with E-state index < -0.39 is 17.1 Å². The molecule has 1 saturated carbocycles. The molecule has 2 N–H and O–H groups in total. The first-order chi connectivity index (χ1) is 9.98. The van der Waals surface area contributed by atoms with Crippen LogP contribution in [0.4, 0.5) is 0 Å². The number of fused-ring (bicyclic) bond motifs is 1. The lowest BCUT2D eigenvalue weighted by Gasteiger charge is -2.36. The van der Waals surface area contributed by atoms with E-state index in [1.54, 1.807) is 18.3 Å². The zero-order chi connectivity index (χ0) is 15.0. The van der Waals surface area contributed by atoms with E-state index in [0.29, 0.717) is 18.5 Å². The van der Waals surface area contributed by atoms with Crippen LogP contribution in [0, 0.1) is 6.92 Å². The molecule has 2 heterocycles. The first kappa shape index (κ1) is 13.8. The van der Waals surface area contributed by atoms with Crippen LogP contribution in [-0.4, -0.2) is 32.5 Å². The Morgan fingerprint density at radius 1 is 1.52 bits per heavy atom. The third kappa shape index (κ3) is 2.54. The average molecular weight is 287 g/mol.